The van der Waals surface area contributed by atoms with E-state index in [1.165, 1.54) is 5.69 Å². The van der Waals surface area contributed by atoms with Gasteiger partial charge in [-0.25, -0.2) is 4.98 Å². The fourth-order valence-corrected chi connectivity index (χ4v) is 2.08. The molecular formula is C15H16N4. The molecule has 0 amide bonds. The smallest absolute Gasteiger partial charge is 0.137 e. The molecule has 0 bridgehead atoms. The Hall–Kier alpha value is -2.49. The number of nitrogens with zero attached hydrogens (tertiary/aromatic N) is 3. The number of imidazole rings is 1. The predicted octanol–water partition coefficient (Wildman–Crippen LogP) is 2.65. The molecule has 3 aromatic rings. The number of nitrogens with two attached hydrogens (primary N) is 1. The summed E-state index contributed by atoms with van der Waals surface area (Å²) in [4.78, 5) is 6.67. The first-order valence-electron chi connectivity index (χ1n) is 6.15. The summed E-state index contributed by atoms with van der Waals surface area (Å²) in [7, 11) is 4.06. The van der Waals surface area contributed by atoms with E-state index >= 15 is 0 Å². The van der Waals surface area contributed by atoms with Crippen molar-refractivity contribution in [2.75, 3.05) is 24.7 Å². The maximum absolute atomic E-state index is 5.77. The Morgan fingerprint density at radius 2 is 1.74 bits per heavy atom. The minimum absolute atomic E-state index is 0.736. The molecule has 2 heterocycles. The molecule has 4 nitrogen and oxygen atoms in total. The fraction of sp³-hybridized carbons (Fsp3) is 0.133. The summed E-state index contributed by atoms with van der Waals surface area (Å²) < 4.78 is 1.95. The summed E-state index contributed by atoms with van der Waals surface area (Å²) >= 11 is 0. The van der Waals surface area contributed by atoms with Crippen molar-refractivity contribution in [2.45, 2.75) is 0 Å². The highest BCUT2D eigenvalue weighted by Crippen LogP contribution is 2.22. The highest BCUT2D eigenvalue weighted by atomic mass is 15.1. The van der Waals surface area contributed by atoms with Gasteiger partial charge in [0.05, 0.1) is 5.69 Å². The summed E-state index contributed by atoms with van der Waals surface area (Å²) in [6.07, 6.45) is 3.87. The SMILES string of the molecule is CN(C)c1ccc(-c2cn3cc(N)ccc3n2)cc1. The van der Waals surface area contributed by atoms with Gasteiger partial charge in [-0.2, -0.15) is 0 Å². The third-order valence-corrected chi connectivity index (χ3v) is 3.15. The van der Waals surface area contributed by atoms with Gasteiger partial charge in [0.1, 0.15) is 5.65 Å². The van der Waals surface area contributed by atoms with E-state index in [9.17, 15) is 0 Å². The van der Waals surface area contributed by atoms with Crippen molar-refractivity contribution < 1.29 is 0 Å². The fourth-order valence-electron chi connectivity index (χ4n) is 2.08. The van der Waals surface area contributed by atoms with Crippen LogP contribution in [0.3, 0.4) is 0 Å². The average molecular weight is 252 g/mol. The summed E-state index contributed by atoms with van der Waals surface area (Å²) in [5, 5.41) is 0. The monoisotopic (exact) mass is 252 g/mol. The van der Waals surface area contributed by atoms with Crippen molar-refractivity contribution in [2.24, 2.45) is 0 Å². The van der Waals surface area contributed by atoms with Gasteiger partial charge in [-0.1, -0.05) is 12.1 Å². The van der Waals surface area contributed by atoms with Crippen LogP contribution >= 0.6 is 0 Å². The van der Waals surface area contributed by atoms with E-state index in [-0.39, 0.29) is 0 Å². The molecule has 96 valence electrons. The Morgan fingerprint density at radius 1 is 1.00 bits per heavy atom. The molecule has 0 aliphatic heterocycles. The molecule has 0 aliphatic rings. The molecule has 19 heavy (non-hydrogen) atoms. The molecule has 0 saturated heterocycles. The van der Waals surface area contributed by atoms with E-state index in [4.69, 9.17) is 5.73 Å². The lowest BCUT2D eigenvalue weighted by Gasteiger charge is -2.12. The number of hydrogen-bond acceptors (Lipinski definition) is 3. The van der Waals surface area contributed by atoms with Crippen molar-refractivity contribution in [1.29, 1.82) is 0 Å². The van der Waals surface area contributed by atoms with Crippen LogP contribution in [0.25, 0.3) is 16.9 Å². The summed E-state index contributed by atoms with van der Waals surface area (Å²) in [6.45, 7) is 0. The maximum Gasteiger partial charge on any atom is 0.137 e. The van der Waals surface area contributed by atoms with Gasteiger partial charge in [0.15, 0.2) is 0 Å². The van der Waals surface area contributed by atoms with Gasteiger partial charge in [0.25, 0.3) is 0 Å². The molecule has 0 fully saturated rings. The second-order valence-electron chi connectivity index (χ2n) is 4.80. The Bertz CT molecular complexity index is 711. The molecule has 0 atom stereocenters. The number of benzene rings is 1. The zero-order valence-corrected chi connectivity index (χ0v) is 11.0. The van der Waals surface area contributed by atoms with Crippen LogP contribution in [-0.2, 0) is 0 Å². The van der Waals surface area contributed by atoms with Crippen molar-refractivity contribution >= 4 is 17.0 Å². The van der Waals surface area contributed by atoms with Crippen LogP contribution in [0.15, 0.2) is 48.8 Å². The molecule has 4 heteroatoms. The molecule has 2 aromatic heterocycles. The van der Waals surface area contributed by atoms with Gasteiger partial charge in [-0.3, -0.25) is 0 Å². The van der Waals surface area contributed by atoms with Crippen LogP contribution in [0.5, 0.6) is 0 Å². The van der Waals surface area contributed by atoms with Crippen LogP contribution in [0.4, 0.5) is 11.4 Å². The van der Waals surface area contributed by atoms with E-state index in [2.05, 4.69) is 34.1 Å². The van der Waals surface area contributed by atoms with E-state index in [1.54, 1.807) is 0 Å². The Kier molecular flexibility index (Phi) is 2.63. The lowest BCUT2D eigenvalue weighted by atomic mass is 10.1. The van der Waals surface area contributed by atoms with Gasteiger partial charge >= 0.3 is 0 Å². The first-order chi connectivity index (χ1) is 9.13. The highest BCUT2D eigenvalue weighted by Gasteiger charge is 2.05. The number of rotatable bonds is 2. The van der Waals surface area contributed by atoms with Crippen molar-refractivity contribution in [3.05, 3.63) is 48.8 Å². The first kappa shape index (κ1) is 11.6. The van der Waals surface area contributed by atoms with E-state index in [1.807, 2.05) is 43.0 Å². The second kappa shape index (κ2) is 4.31. The quantitative estimate of drug-likeness (QED) is 0.762. The van der Waals surface area contributed by atoms with Crippen molar-refractivity contribution in [3.8, 4) is 11.3 Å². The topological polar surface area (TPSA) is 46.6 Å². The minimum Gasteiger partial charge on any atom is -0.398 e. The van der Waals surface area contributed by atoms with Crippen molar-refractivity contribution in [3.63, 3.8) is 0 Å². The number of fused-ring (bicyclic) bond motifs is 1. The first-order valence-corrected chi connectivity index (χ1v) is 6.15. The highest BCUT2D eigenvalue weighted by molar-refractivity contribution is 5.66. The number of nitrogen functional groups attached to an aromatic ring is 1. The Morgan fingerprint density at radius 3 is 2.42 bits per heavy atom. The lowest BCUT2D eigenvalue weighted by molar-refractivity contribution is 1.13. The van der Waals surface area contributed by atoms with Crippen molar-refractivity contribution in [1.82, 2.24) is 9.38 Å². The van der Waals surface area contributed by atoms with Crippen LogP contribution in [0, 0.1) is 0 Å². The Labute approximate surface area is 112 Å². The molecule has 0 aliphatic carbocycles. The standard InChI is InChI=1S/C15H16N4/c1-18(2)13-6-3-11(4-7-13)14-10-19-9-12(16)5-8-15(19)17-14/h3-10H,16H2,1-2H3. The van der Waals surface area contributed by atoms with Gasteiger partial charge in [0.2, 0.25) is 0 Å². The van der Waals surface area contributed by atoms with E-state index in [0.29, 0.717) is 0 Å². The van der Waals surface area contributed by atoms with E-state index in [0.717, 1.165) is 22.6 Å². The number of pyridine rings is 1. The second-order valence-corrected chi connectivity index (χ2v) is 4.80. The lowest BCUT2D eigenvalue weighted by Crippen LogP contribution is -2.07. The molecule has 0 unspecified atom stereocenters. The van der Waals surface area contributed by atoms with E-state index < -0.39 is 0 Å². The van der Waals surface area contributed by atoms with Crippen LogP contribution in [-0.4, -0.2) is 23.5 Å². The zero-order chi connectivity index (χ0) is 13.4. The van der Waals surface area contributed by atoms with Gasteiger partial charge in [-0.05, 0) is 24.3 Å². The molecule has 0 saturated carbocycles. The van der Waals surface area contributed by atoms with Crippen LogP contribution in [0.1, 0.15) is 0 Å². The zero-order valence-electron chi connectivity index (χ0n) is 11.0. The van der Waals surface area contributed by atoms with Gasteiger partial charge in [0, 0.05) is 43.4 Å². The Balaban J connectivity index is 2.03. The van der Waals surface area contributed by atoms with Gasteiger partial charge < -0.3 is 15.0 Å². The summed E-state index contributed by atoms with van der Waals surface area (Å²) in [5.41, 5.74) is 10.6. The van der Waals surface area contributed by atoms with Crippen LogP contribution in [0.2, 0.25) is 0 Å². The minimum atomic E-state index is 0.736. The number of hydrogen-bond donors (Lipinski definition) is 1. The molecule has 3 rings (SSSR count). The summed E-state index contributed by atoms with van der Waals surface area (Å²) in [5.74, 6) is 0. The predicted molar refractivity (Wildman–Crippen MR) is 79.4 cm³/mol. The third kappa shape index (κ3) is 2.12. The van der Waals surface area contributed by atoms with Crippen LogP contribution < -0.4 is 10.6 Å². The molecule has 0 radical (unpaired) electrons. The number of aromatic nitrogens is 2. The van der Waals surface area contributed by atoms with Gasteiger partial charge in [-0.15, -0.1) is 0 Å². The molecule has 0 spiro atoms. The number of anilines is 2. The average Bonchev–Trinajstić information content (AvgIpc) is 2.81. The summed E-state index contributed by atoms with van der Waals surface area (Å²) in [6, 6.07) is 12.1. The largest absolute Gasteiger partial charge is 0.398 e. The normalized spacial score (nSPS) is 10.8. The molecule has 2 N–H and O–H groups in total. The molecule has 1 aromatic carbocycles. The molecular weight excluding hydrogens is 236 g/mol. The maximum atomic E-state index is 5.77. The third-order valence-electron chi connectivity index (χ3n) is 3.15.